The largest absolute Gasteiger partial charge is 0.482 e. The van der Waals surface area contributed by atoms with Crippen molar-refractivity contribution < 1.29 is 9.53 Å². The fraction of sp³-hybridized carbons (Fsp3) is 0.375. The molecule has 64 heavy (non-hydrogen) atoms. The summed E-state index contributed by atoms with van der Waals surface area (Å²) in [5.74, 6) is 1.12. The van der Waals surface area contributed by atoms with E-state index in [9.17, 15) is 4.79 Å². The van der Waals surface area contributed by atoms with Crippen LogP contribution in [0.5, 0.6) is 5.75 Å². The lowest BCUT2D eigenvalue weighted by molar-refractivity contribution is 0.0748. The molecular weight excluding hydrogens is 738 g/mol. The number of ether oxygens (including phenoxy) is 1. The van der Waals surface area contributed by atoms with Gasteiger partial charge in [0.2, 0.25) is 0 Å². The van der Waals surface area contributed by atoms with Gasteiger partial charge in [0.1, 0.15) is 11.4 Å². The summed E-state index contributed by atoms with van der Waals surface area (Å²) in [6.45, 7) is 5.56. The molecule has 252 valence electrons. The highest BCUT2D eigenvalue weighted by atomic mass is 16.5. The van der Waals surface area contributed by atoms with Crippen molar-refractivity contribution in [1.29, 1.82) is 0 Å². The fourth-order valence-corrected chi connectivity index (χ4v) is 10.4. The highest BCUT2D eigenvalue weighted by Crippen LogP contribution is 2.43. The molecule has 1 amide bonds. The molecule has 0 aliphatic carbocycles. The zero-order valence-electron chi connectivity index (χ0n) is 37.1. The topological polar surface area (TPSA) is 41.6 Å². The molecule has 2 aromatic carbocycles. The average molecular weight is 764 g/mol. The SMILES string of the molecule is CCN1CCc2cc(C3=CC4(CCNCC4)Oc4ccccc43)ccc2C1=O.[B]B([B])B([B])B(B(B([B])[B])B([B])[B])B(B(B([B])[B])B([B])[B])B(B(B([B])[B])B([B])[B])B(B([B])[B])B([B])[B]. The van der Waals surface area contributed by atoms with Crippen LogP contribution in [-0.4, -0.2) is 298 Å². The number of nitrogens with zero attached hydrogens (tertiary/aromatic N) is 1. The first-order valence-electron chi connectivity index (χ1n) is 22.0. The maximum atomic E-state index is 12.7. The van der Waals surface area contributed by atoms with Crippen LogP contribution in [0.15, 0.2) is 48.5 Å². The van der Waals surface area contributed by atoms with Crippen LogP contribution in [0.2, 0.25) is 0 Å². The Morgan fingerprint density at radius 2 is 1.03 bits per heavy atom. The second kappa shape index (κ2) is 25.0. The van der Waals surface area contributed by atoms with Gasteiger partial charge in [0.25, 0.3) is 5.91 Å². The molecule has 1 N–H and O–H groups in total. The summed E-state index contributed by atoms with van der Waals surface area (Å²) in [6.07, 6.45) is -13.1. The van der Waals surface area contributed by atoms with E-state index in [0.29, 0.717) is 0 Å². The highest BCUT2D eigenvalue weighted by molar-refractivity contribution is 8.30. The van der Waals surface area contributed by atoms with Crippen molar-refractivity contribution in [3.8, 4) is 5.75 Å². The maximum absolute atomic E-state index is 12.7. The molecule has 38 radical (unpaired) electrons. The smallest absolute Gasteiger partial charge is 0.254 e. The van der Waals surface area contributed by atoms with Gasteiger partial charge in [-0.05, 0) is 61.3 Å². The molecule has 0 atom stereocenters. The van der Waals surface area contributed by atoms with Crippen molar-refractivity contribution in [2.45, 2.75) is 31.8 Å². The summed E-state index contributed by atoms with van der Waals surface area (Å²) in [5, 5.41) is 3.44. The van der Waals surface area contributed by atoms with Gasteiger partial charge in [-0.1, -0.05) is 30.3 Å². The number of para-hydroxylation sites is 1. The first-order chi connectivity index (χ1) is 30.0. The molecule has 4 nitrogen and oxygen atoms in total. The van der Waals surface area contributed by atoms with E-state index in [1.165, 1.54) is 11.1 Å². The monoisotopic (exact) mass is 771 g/mol. The van der Waals surface area contributed by atoms with Crippen LogP contribution < -0.4 is 10.1 Å². The summed E-state index contributed by atoms with van der Waals surface area (Å²) < 4.78 is 6.49. The molecule has 0 aromatic heterocycles. The first-order valence-corrected chi connectivity index (χ1v) is 22.0. The average Bonchev–Trinajstić information content (AvgIpc) is 3.20. The molecule has 2 aromatic rings. The summed E-state index contributed by atoms with van der Waals surface area (Å²) in [7, 11) is 117. The van der Waals surface area contributed by atoms with Crippen LogP contribution in [0.4, 0.5) is 0 Å². The van der Waals surface area contributed by atoms with Crippen molar-refractivity contribution in [3.05, 3.63) is 70.8 Å². The Bertz CT molecular complexity index is 1780. The standard InChI is InChI=1S/C24H26N2O2.B36/c1-2-26-14-9-18-15-17(7-8-19(18)23(26)27)21-16-24(10-12-25-13-11-24)28-22-6-4-3-5-20(21)22;1-20(2)29(19)34(30(21(3)4)22(5)6)36(33(27(15)16)28(17)18)35(31(23(7)8)24(9)10)32(25(11)12)26(13)14/h3-8,15-16,25H,2,9-14H2,1H3;. The Morgan fingerprint density at radius 1 is 0.578 bits per heavy atom. The van der Waals surface area contributed by atoms with Crippen molar-refractivity contribution in [2.75, 3.05) is 26.2 Å². The van der Waals surface area contributed by atoms with Gasteiger partial charge in [-0.3, -0.25) is 4.79 Å². The first kappa shape index (κ1) is 56.3. The predicted molar refractivity (Wildman–Crippen MR) is 318 cm³/mol. The second-order valence-electron chi connectivity index (χ2n) is 17.8. The van der Waals surface area contributed by atoms with Gasteiger partial charge >= 0.3 is 0 Å². The van der Waals surface area contributed by atoms with E-state index in [-0.39, 0.29) is 11.5 Å². The number of hydrogen-bond donors (Lipinski definition) is 1. The molecule has 0 unspecified atom stereocenters. The molecule has 5 rings (SSSR count). The van der Waals surface area contributed by atoms with Gasteiger partial charge in [0, 0.05) is 293 Å². The number of benzene rings is 2. The maximum Gasteiger partial charge on any atom is 0.254 e. The quantitative estimate of drug-likeness (QED) is 0.154. The molecule has 1 spiro atoms. The lowest BCUT2D eigenvalue weighted by Gasteiger charge is -2.53. The van der Waals surface area contributed by atoms with Crippen molar-refractivity contribution in [3.63, 3.8) is 0 Å². The molecule has 3 heterocycles. The summed E-state index contributed by atoms with van der Waals surface area (Å²) in [6, 6.07) is 14.7. The number of likely N-dealkylation sites (N-methyl/N-ethyl adjacent to an activating group) is 1. The molecule has 40 heteroatoms. The number of fused-ring (bicyclic) bond motifs is 2. The highest BCUT2D eigenvalue weighted by Gasteiger charge is 2.55. The Labute approximate surface area is 418 Å². The molecule has 1 fully saturated rings. The molecule has 0 saturated carbocycles. The van der Waals surface area contributed by atoms with Crippen molar-refractivity contribution >= 4 is 267 Å². The van der Waals surface area contributed by atoms with Gasteiger partial charge < -0.3 is 15.0 Å². The minimum Gasteiger partial charge on any atom is -0.482 e. The van der Waals surface area contributed by atoms with E-state index in [1.807, 2.05) is 24.0 Å². The predicted octanol–water partition coefficient (Wildman–Crippen LogP) is -10.1. The third-order valence-corrected chi connectivity index (χ3v) is 13.4. The fourth-order valence-electron chi connectivity index (χ4n) is 10.4. The van der Waals surface area contributed by atoms with E-state index in [4.69, 9.17) is 152 Å². The van der Waals surface area contributed by atoms with Crippen LogP contribution >= 0.6 is 0 Å². The second-order valence-corrected chi connectivity index (χ2v) is 17.8. The summed E-state index contributed by atoms with van der Waals surface area (Å²) >= 11 is 0. The van der Waals surface area contributed by atoms with Crippen LogP contribution in [0, 0.1) is 0 Å². The number of hydrogen-bond acceptors (Lipinski definition) is 3. The lowest BCUT2D eigenvalue weighted by Crippen LogP contribution is -2.91. The third kappa shape index (κ3) is 13.3. The zero-order chi connectivity index (χ0) is 48.0. The minimum atomic E-state index is -1.17. The molecule has 1 saturated heterocycles. The number of piperidine rings is 1. The molecule has 0 bridgehead atoms. The number of carbonyl (C=O) groups excluding carboxylic acids is 1. The van der Waals surface area contributed by atoms with Crippen LogP contribution in [0.1, 0.15) is 46.8 Å². The van der Waals surface area contributed by atoms with Gasteiger partial charge in [-0.25, -0.2) is 0 Å². The minimum absolute atomic E-state index is 0.159. The molecule has 3 aliphatic heterocycles. The van der Waals surface area contributed by atoms with Crippen molar-refractivity contribution in [2.24, 2.45) is 0 Å². The Morgan fingerprint density at radius 3 is 1.48 bits per heavy atom. The third-order valence-electron chi connectivity index (χ3n) is 13.4. The van der Waals surface area contributed by atoms with E-state index >= 15 is 0 Å². The normalized spacial score (nSPS) is 14.2. The lowest BCUT2D eigenvalue weighted by atomic mass is 8.29. The van der Waals surface area contributed by atoms with Crippen molar-refractivity contribution in [1.82, 2.24) is 10.2 Å². The van der Waals surface area contributed by atoms with Crippen LogP contribution in [-0.2, 0) is 6.42 Å². The van der Waals surface area contributed by atoms with Crippen LogP contribution in [0.25, 0.3) is 5.57 Å². The van der Waals surface area contributed by atoms with E-state index in [0.717, 1.165) is 67.9 Å². The molecular formula is C24H26B36N2O2. The van der Waals surface area contributed by atoms with E-state index in [1.54, 1.807) is 0 Å². The Hall–Kier alpha value is -0.252. The number of amides is 1. The summed E-state index contributed by atoms with van der Waals surface area (Å²) in [5.41, 5.74) is 5.34. The van der Waals surface area contributed by atoms with E-state index < -0.39 is 109 Å². The van der Waals surface area contributed by atoms with Gasteiger partial charge in [-0.2, -0.15) is 0 Å². The zero-order valence-corrected chi connectivity index (χ0v) is 37.1. The van der Waals surface area contributed by atoms with E-state index in [2.05, 4.69) is 41.7 Å². The van der Waals surface area contributed by atoms with Gasteiger partial charge in [-0.15, -0.1) is 0 Å². The number of carbonyl (C=O) groups is 1. The Balaban J connectivity index is 0.000000287. The van der Waals surface area contributed by atoms with Gasteiger partial charge in [0.05, 0.1) is 0 Å². The summed E-state index contributed by atoms with van der Waals surface area (Å²) in [4.78, 5) is 14.6. The number of nitrogens with one attached hydrogen (secondary N) is 1. The molecule has 3 aliphatic rings. The Kier molecular flexibility index (Phi) is 22.0. The number of rotatable bonds is 18. The van der Waals surface area contributed by atoms with Crippen LogP contribution in [0.3, 0.4) is 0 Å². The van der Waals surface area contributed by atoms with Gasteiger partial charge in [0.15, 0.2) is 0 Å².